The summed E-state index contributed by atoms with van der Waals surface area (Å²) in [5, 5.41) is 12.2. The Bertz CT molecular complexity index is 600. The second-order valence-electron chi connectivity index (χ2n) is 4.82. The van der Waals surface area contributed by atoms with E-state index < -0.39 is 0 Å². The number of anilines is 1. The monoisotopic (exact) mass is 271 g/mol. The maximum absolute atomic E-state index is 7.78. The normalized spacial score (nSPS) is 10.6. The number of rotatable bonds is 5. The van der Waals surface area contributed by atoms with E-state index in [1.807, 2.05) is 32.2 Å². The third-order valence-corrected chi connectivity index (χ3v) is 3.36. The molecule has 20 heavy (non-hydrogen) atoms. The lowest BCUT2D eigenvalue weighted by Gasteiger charge is -2.24. The minimum absolute atomic E-state index is 0.0668. The van der Waals surface area contributed by atoms with E-state index in [1.165, 1.54) is 5.56 Å². The third-order valence-electron chi connectivity index (χ3n) is 3.36. The molecule has 0 aliphatic heterocycles. The molecule has 1 aromatic carbocycles. The Morgan fingerprint density at radius 1 is 1.35 bits per heavy atom. The number of aryl methyl sites for hydroxylation is 2. The molecule has 5 nitrogen and oxygen atoms in total. The molecule has 106 valence electrons. The average molecular weight is 271 g/mol. The number of amidine groups is 1. The first kappa shape index (κ1) is 14.1. The summed E-state index contributed by atoms with van der Waals surface area (Å²) in [6.45, 7) is 5.58. The maximum atomic E-state index is 7.78. The molecule has 2 aromatic rings. The maximum Gasteiger partial charge on any atom is 0.138 e. The van der Waals surface area contributed by atoms with Gasteiger partial charge in [0.05, 0.1) is 11.3 Å². The van der Waals surface area contributed by atoms with E-state index in [0.29, 0.717) is 0 Å². The second-order valence-corrected chi connectivity index (χ2v) is 4.82. The highest BCUT2D eigenvalue weighted by Gasteiger charge is 2.20. The van der Waals surface area contributed by atoms with Crippen molar-refractivity contribution >= 4 is 11.7 Å². The van der Waals surface area contributed by atoms with Gasteiger partial charge in [0.15, 0.2) is 0 Å². The van der Waals surface area contributed by atoms with Crippen molar-refractivity contribution in [2.24, 2.45) is 12.8 Å². The first-order valence-electron chi connectivity index (χ1n) is 6.71. The van der Waals surface area contributed by atoms with Crippen molar-refractivity contribution in [2.75, 3.05) is 11.4 Å². The molecule has 5 heteroatoms. The summed E-state index contributed by atoms with van der Waals surface area (Å²) in [6, 6.07) is 10.3. The second kappa shape index (κ2) is 5.77. The molecule has 0 saturated heterocycles. The number of nitrogens with zero attached hydrogens (tertiary/aromatic N) is 3. The first-order valence-corrected chi connectivity index (χ1v) is 6.71. The van der Waals surface area contributed by atoms with Crippen LogP contribution in [0.25, 0.3) is 0 Å². The van der Waals surface area contributed by atoms with E-state index in [-0.39, 0.29) is 5.84 Å². The zero-order valence-corrected chi connectivity index (χ0v) is 12.2. The molecule has 2 rings (SSSR count). The Balaban J connectivity index is 2.40. The van der Waals surface area contributed by atoms with Crippen molar-refractivity contribution in [1.29, 1.82) is 5.41 Å². The van der Waals surface area contributed by atoms with Crippen LogP contribution in [0.15, 0.2) is 30.3 Å². The topological polar surface area (TPSA) is 70.9 Å². The van der Waals surface area contributed by atoms with Crippen LogP contribution in [-0.2, 0) is 13.6 Å². The lowest BCUT2D eigenvalue weighted by atomic mass is 10.1. The number of nitrogen functional groups attached to an aromatic ring is 1. The number of benzene rings is 1. The lowest BCUT2D eigenvalue weighted by Crippen LogP contribution is -2.27. The van der Waals surface area contributed by atoms with Gasteiger partial charge in [0.1, 0.15) is 11.7 Å². The third kappa shape index (κ3) is 2.66. The molecule has 0 unspecified atom stereocenters. The zero-order chi connectivity index (χ0) is 14.7. The van der Waals surface area contributed by atoms with E-state index in [4.69, 9.17) is 11.1 Å². The van der Waals surface area contributed by atoms with Crippen LogP contribution in [0, 0.1) is 12.3 Å². The van der Waals surface area contributed by atoms with Crippen LogP contribution in [0.4, 0.5) is 5.82 Å². The van der Waals surface area contributed by atoms with E-state index in [1.54, 1.807) is 4.68 Å². The number of aromatic nitrogens is 2. The van der Waals surface area contributed by atoms with Crippen molar-refractivity contribution in [3.8, 4) is 0 Å². The highest BCUT2D eigenvalue weighted by molar-refractivity contribution is 6.00. The minimum atomic E-state index is 0.0668. The lowest BCUT2D eigenvalue weighted by molar-refractivity contribution is 0.705. The summed E-state index contributed by atoms with van der Waals surface area (Å²) in [5.41, 5.74) is 8.46. The van der Waals surface area contributed by atoms with Crippen molar-refractivity contribution in [1.82, 2.24) is 9.78 Å². The van der Waals surface area contributed by atoms with Crippen molar-refractivity contribution in [2.45, 2.75) is 20.4 Å². The fourth-order valence-electron chi connectivity index (χ4n) is 2.46. The predicted octanol–water partition coefficient (Wildman–Crippen LogP) is 2.04. The largest absolute Gasteiger partial charge is 0.384 e. The van der Waals surface area contributed by atoms with Gasteiger partial charge < -0.3 is 10.6 Å². The zero-order valence-electron chi connectivity index (χ0n) is 12.2. The summed E-state index contributed by atoms with van der Waals surface area (Å²) < 4.78 is 1.80. The van der Waals surface area contributed by atoms with E-state index in [0.717, 1.165) is 30.2 Å². The fraction of sp³-hybridized carbons (Fsp3) is 0.333. The molecular weight excluding hydrogens is 250 g/mol. The fourth-order valence-corrected chi connectivity index (χ4v) is 2.46. The van der Waals surface area contributed by atoms with Gasteiger partial charge in [0.2, 0.25) is 0 Å². The summed E-state index contributed by atoms with van der Waals surface area (Å²) in [6.07, 6.45) is 0. The summed E-state index contributed by atoms with van der Waals surface area (Å²) in [5.74, 6) is 0.971. The summed E-state index contributed by atoms with van der Waals surface area (Å²) in [7, 11) is 1.89. The van der Waals surface area contributed by atoms with Crippen molar-refractivity contribution < 1.29 is 0 Å². The predicted molar refractivity (Wildman–Crippen MR) is 82.1 cm³/mol. The molecule has 0 spiro atoms. The minimum Gasteiger partial charge on any atom is -0.384 e. The van der Waals surface area contributed by atoms with Gasteiger partial charge in [0.25, 0.3) is 0 Å². The van der Waals surface area contributed by atoms with Crippen LogP contribution in [0.5, 0.6) is 0 Å². The van der Waals surface area contributed by atoms with Crippen LogP contribution >= 0.6 is 0 Å². The van der Waals surface area contributed by atoms with E-state index in [2.05, 4.69) is 29.1 Å². The highest BCUT2D eigenvalue weighted by atomic mass is 15.4. The standard InChI is InChI=1S/C15H21N5/c1-4-20(10-12-8-6-5-7-9-12)15-13(14(16)17)11(2)18-19(15)3/h5-9H,4,10H2,1-3H3,(H3,16,17). The molecule has 0 fully saturated rings. The molecule has 0 amide bonds. The Morgan fingerprint density at radius 2 is 2.00 bits per heavy atom. The molecule has 3 N–H and O–H groups in total. The average Bonchev–Trinajstić information content (AvgIpc) is 2.72. The van der Waals surface area contributed by atoms with Crippen LogP contribution in [-0.4, -0.2) is 22.2 Å². The quantitative estimate of drug-likeness (QED) is 0.645. The highest BCUT2D eigenvalue weighted by Crippen LogP contribution is 2.24. The number of hydrogen-bond acceptors (Lipinski definition) is 3. The molecule has 1 aromatic heterocycles. The molecule has 0 radical (unpaired) electrons. The van der Waals surface area contributed by atoms with Gasteiger partial charge in [-0.3, -0.25) is 10.1 Å². The van der Waals surface area contributed by atoms with Crippen molar-refractivity contribution in [3.63, 3.8) is 0 Å². The molecule has 0 bridgehead atoms. The van der Waals surface area contributed by atoms with E-state index >= 15 is 0 Å². The van der Waals surface area contributed by atoms with Gasteiger partial charge in [-0.1, -0.05) is 30.3 Å². The number of hydrogen-bond donors (Lipinski definition) is 2. The molecular formula is C15H21N5. The van der Waals surface area contributed by atoms with Crippen molar-refractivity contribution in [3.05, 3.63) is 47.2 Å². The van der Waals surface area contributed by atoms with Gasteiger partial charge in [-0.15, -0.1) is 0 Å². The Morgan fingerprint density at radius 3 is 2.55 bits per heavy atom. The molecule has 1 heterocycles. The van der Waals surface area contributed by atoms with Gasteiger partial charge >= 0.3 is 0 Å². The summed E-state index contributed by atoms with van der Waals surface area (Å²) >= 11 is 0. The van der Waals surface area contributed by atoms with Crippen LogP contribution in [0.1, 0.15) is 23.7 Å². The Hall–Kier alpha value is -2.30. The van der Waals surface area contributed by atoms with Crippen LogP contribution in [0.3, 0.4) is 0 Å². The molecule has 0 saturated carbocycles. The smallest absolute Gasteiger partial charge is 0.138 e. The first-order chi connectivity index (χ1) is 9.54. The number of nitrogens with one attached hydrogen (secondary N) is 1. The Labute approximate surface area is 119 Å². The molecule has 0 atom stereocenters. The van der Waals surface area contributed by atoms with Gasteiger partial charge in [-0.05, 0) is 19.4 Å². The van der Waals surface area contributed by atoms with Crippen LogP contribution < -0.4 is 10.6 Å². The SMILES string of the molecule is CCN(Cc1ccccc1)c1c(C(=N)N)c(C)nn1C. The van der Waals surface area contributed by atoms with Gasteiger partial charge in [-0.25, -0.2) is 0 Å². The Kier molecular flexibility index (Phi) is 4.08. The van der Waals surface area contributed by atoms with Gasteiger partial charge in [0, 0.05) is 20.1 Å². The van der Waals surface area contributed by atoms with Crippen LogP contribution in [0.2, 0.25) is 0 Å². The summed E-state index contributed by atoms with van der Waals surface area (Å²) in [4.78, 5) is 2.19. The molecule has 0 aliphatic rings. The van der Waals surface area contributed by atoms with E-state index in [9.17, 15) is 0 Å². The van der Waals surface area contributed by atoms with Gasteiger partial charge in [-0.2, -0.15) is 5.10 Å². The number of nitrogens with two attached hydrogens (primary N) is 1. The molecule has 0 aliphatic carbocycles.